The van der Waals surface area contributed by atoms with Gasteiger partial charge < -0.3 is 5.11 Å². The van der Waals surface area contributed by atoms with Crippen molar-refractivity contribution in [3.8, 4) is 0 Å². The van der Waals surface area contributed by atoms with E-state index in [1.54, 1.807) is 0 Å². The summed E-state index contributed by atoms with van der Waals surface area (Å²) in [5.41, 5.74) is 0.701. The van der Waals surface area contributed by atoms with Crippen molar-refractivity contribution in [2.24, 2.45) is 11.8 Å². The lowest BCUT2D eigenvalue weighted by Crippen LogP contribution is -2.43. The molecule has 1 aliphatic rings. The highest BCUT2D eigenvalue weighted by molar-refractivity contribution is 9.10. The Kier molecular flexibility index (Phi) is 3.94. The summed E-state index contributed by atoms with van der Waals surface area (Å²) in [5, 5.41) is 10.8. The van der Waals surface area contributed by atoms with Crippen molar-refractivity contribution in [3.63, 3.8) is 0 Å². The molecule has 0 aliphatic heterocycles. The van der Waals surface area contributed by atoms with Gasteiger partial charge in [-0.3, -0.25) is 0 Å². The van der Waals surface area contributed by atoms with Crippen molar-refractivity contribution in [1.29, 1.82) is 0 Å². The van der Waals surface area contributed by atoms with E-state index in [-0.39, 0.29) is 0 Å². The molecule has 0 bridgehead atoms. The molecule has 1 N–H and O–H groups in total. The standard InChI is InChI=1S/C15H21BrO/c1-11-7-8-15(17,12(2)9-11)10-13-5-3-4-6-14(13)16/h3-6,11-12,17H,7-10H2,1-2H3. The normalized spacial score (nSPS) is 33.6. The first-order chi connectivity index (χ1) is 8.01. The zero-order chi connectivity index (χ0) is 12.5. The average Bonchev–Trinajstić information content (AvgIpc) is 2.28. The minimum absolute atomic E-state index is 0.387. The van der Waals surface area contributed by atoms with Gasteiger partial charge in [0.25, 0.3) is 0 Å². The summed E-state index contributed by atoms with van der Waals surface area (Å²) in [6, 6.07) is 8.21. The summed E-state index contributed by atoms with van der Waals surface area (Å²) in [7, 11) is 0. The zero-order valence-corrected chi connectivity index (χ0v) is 12.2. The Morgan fingerprint density at radius 3 is 2.71 bits per heavy atom. The van der Waals surface area contributed by atoms with Gasteiger partial charge in [-0.05, 0) is 42.7 Å². The summed E-state index contributed by atoms with van der Waals surface area (Å²) < 4.78 is 1.11. The van der Waals surface area contributed by atoms with Crippen LogP contribution in [0.3, 0.4) is 0 Å². The van der Waals surface area contributed by atoms with E-state index in [1.165, 1.54) is 5.56 Å². The quantitative estimate of drug-likeness (QED) is 0.868. The molecule has 1 nitrogen and oxygen atoms in total. The highest BCUT2D eigenvalue weighted by Gasteiger charge is 2.38. The van der Waals surface area contributed by atoms with Crippen LogP contribution in [0, 0.1) is 11.8 Å². The van der Waals surface area contributed by atoms with Gasteiger partial charge in [-0.1, -0.05) is 48.0 Å². The second kappa shape index (κ2) is 5.11. The van der Waals surface area contributed by atoms with Gasteiger partial charge in [0.05, 0.1) is 5.60 Å². The summed E-state index contributed by atoms with van der Waals surface area (Å²) in [6.45, 7) is 4.47. The number of hydrogen-bond donors (Lipinski definition) is 1. The van der Waals surface area contributed by atoms with Crippen LogP contribution in [0.15, 0.2) is 28.7 Å². The molecule has 0 saturated heterocycles. The molecule has 94 valence electrons. The molecule has 0 heterocycles. The molecule has 1 aromatic carbocycles. The van der Waals surface area contributed by atoms with E-state index in [4.69, 9.17) is 0 Å². The highest BCUT2D eigenvalue weighted by Crippen LogP contribution is 2.39. The Balaban J connectivity index is 2.15. The van der Waals surface area contributed by atoms with E-state index in [2.05, 4.69) is 41.9 Å². The molecule has 0 aromatic heterocycles. The fourth-order valence-electron chi connectivity index (χ4n) is 2.92. The third-order valence-electron chi connectivity index (χ3n) is 4.20. The maximum absolute atomic E-state index is 10.8. The van der Waals surface area contributed by atoms with Crippen LogP contribution in [0.4, 0.5) is 0 Å². The van der Waals surface area contributed by atoms with E-state index < -0.39 is 5.60 Å². The Morgan fingerprint density at radius 1 is 1.35 bits per heavy atom. The first kappa shape index (κ1) is 13.1. The smallest absolute Gasteiger partial charge is 0.0713 e. The third-order valence-corrected chi connectivity index (χ3v) is 4.97. The van der Waals surface area contributed by atoms with Crippen LogP contribution in [0.5, 0.6) is 0 Å². The van der Waals surface area contributed by atoms with E-state index in [0.29, 0.717) is 5.92 Å². The van der Waals surface area contributed by atoms with Crippen LogP contribution in [0.1, 0.15) is 38.7 Å². The van der Waals surface area contributed by atoms with Gasteiger partial charge in [-0.2, -0.15) is 0 Å². The Morgan fingerprint density at radius 2 is 2.06 bits per heavy atom. The van der Waals surface area contributed by atoms with E-state index in [0.717, 1.165) is 36.1 Å². The fourth-order valence-corrected chi connectivity index (χ4v) is 3.34. The molecule has 1 saturated carbocycles. The van der Waals surface area contributed by atoms with Crippen molar-refractivity contribution in [2.45, 2.75) is 45.1 Å². The lowest BCUT2D eigenvalue weighted by molar-refractivity contribution is -0.0523. The largest absolute Gasteiger partial charge is 0.389 e. The molecule has 1 fully saturated rings. The van der Waals surface area contributed by atoms with Crippen molar-refractivity contribution in [2.75, 3.05) is 0 Å². The third kappa shape index (κ3) is 2.92. The monoisotopic (exact) mass is 296 g/mol. The highest BCUT2D eigenvalue weighted by atomic mass is 79.9. The number of rotatable bonds is 2. The van der Waals surface area contributed by atoms with E-state index in [9.17, 15) is 5.11 Å². The Labute approximate surface area is 112 Å². The van der Waals surface area contributed by atoms with Crippen LogP contribution in [0.2, 0.25) is 0 Å². The molecule has 0 radical (unpaired) electrons. The van der Waals surface area contributed by atoms with Gasteiger partial charge in [0.2, 0.25) is 0 Å². The summed E-state index contributed by atoms with van der Waals surface area (Å²) in [5.74, 6) is 1.14. The summed E-state index contributed by atoms with van der Waals surface area (Å²) in [6.07, 6.45) is 3.98. The van der Waals surface area contributed by atoms with Crippen molar-refractivity contribution in [1.82, 2.24) is 0 Å². The molecule has 17 heavy (non-hydrogen) atoms. The second-order valence-corrected chi connectivity index (χ2v) is 6.51. The molecule has 2 rings (SSSR count). The zero-order valence-electron chi connectivity index (χ0n) is 10.6. The predicted molar refractivity (Wildman–Crippen MR) is 75.0 cm³/mol. The Bertz CT molecular complexity index is 390. The predicted octanol–water partition coefficient (Wildman–Crippen LogP) is 4.18. The SMILES string of the molecule is CC1CCC(O)(Cc2ccccc2Br)C(C)C1. The van der Waals surface area contributed by atoms with Gasteiger partial charge in [0.15, 0.2) is 0 Å². The van der Waals surface area contributed by atoms with Crippen molar-refractivity contribution < 1.29 is 5.11 Å². The number of aliphatic hydroxyl groups is 1. The maximum Gasteiger partial charge on any atom is 0.0713 e. The first-order valence-corrected chi connectivity index (χ1v) is 7.26. The van der Waals surface area contributed by atoms with E-state index >= 15 is 0 Å². The van der Waals surface area contributed by atoms with Crippen LogP contribution in [-0.2, 0) is 6.42 Å². The molecule has 1 aromatic rings. The molecule has 3 atom stereocenters. The minimum atomic E-state index is -0.517. The molecule has 2 heteroatoms. The topological polar surface area (TPSA) is 20.2 Å². The molecule has 1 aliphatic carbocycles. The lowest BCUT2D eigenvalue weighted by atomic mass is 9.70. The number of halogens is 1. The first-order valence-electron chi connectivity index (χ1n) is 6.47. The molecule has 0 amide bonds. The van der Waals surface area contributed by atoms with Gasteiger partial charge in [-0.15, -0.1) is 0 Å². The second-order valence-electron chi connectivity index (χ2n) is 5.65. The van der Waals surface area contributed by atoms with Crippen LogP contribution >= 0.6 is 15.9 Å². The summed E-state index contributed by atoms with van der Waals surface area (Å²) >= 11 is 3.57. The van der Waals surface area contributed by atoms with Crippen LogP contribution in [0.25, 0.3) is 0 Å². The minimum Gasteiger partial charge on any atom is -0.389 e. The van der Waals surface area contributed by atoms with Crippen molar-refractivity contribution >= 4 is 15.9 Å². The van der Waals surface area contributed by atoms with Crippen LogP contribution < -0.4 is 0 Å². The van der Waals surface area contributed by atoms with Gasteiger partial charge in [-0.25, -0.2) is 0 Å². The molecular weight excluding hydrogens is 276 g/mol. The van der Waals surface area contributed by atoms with Gasteiger partial charge >= 0.3 is 0 Å². The fraction of sp³-hybridized carbons (Fsp3) is 0.600. The van der Waals surface area contributed by atoms with Gasteiger partial charge in [0.1, 0.15) is 0 Å². The van der Waals surface area contributed by atoms with Gasteiger partial charge in [0, 0.05) is 10.9 Å². The Hall–Kier alpha value is -0.340. The van der Waals surface area contributed by atoms with Crippen molar-refractivity contribution in [3.05, 3.63) is 34.3 Å². The number of benzene rings is 1. The van der Waals surface area contributed by atoms with E-state index in [1.807, 2.05) is 12.1 Å². The summed E-state index contributed by atoms with van der Waals surface area (Å²) in [4.78, 5) is 0. The maximum atomic E-state index is 10.8. The number of hydrogen-bond acceptors (Lipinski definition) is 1. The van der Waals surface area contributed by atoms with Crippen LogP contribution in [-0.4, -0.2) is 10.7 Å². The molecule has 3 unspecified atom stereocenters. The average molecular weight is 297 g/mol. The molecule has 0 spiro atoms. The lowest BCUT2D eigenvalue weighted by Gasteiger charge is -2.41. The molecular formula is C15H21BrO.